The van der Waals surface area contributed by atoms with Crippen LogP contribution in [0.2, 0.25) is 0 Å². The number of thioether (sulfide) groups is 1. The van der Waals surface area contributed by atoms with Gasteiger partial charge >= 0.3 is 0 Å². The quantitative estimate of drug-likeness (QED) is 0.440. The van der Waals surface area contributed by atoms with Crippen molar-refractivity contribution in [2.24, 2.45) is 0 Å². The van der Waals surface area contributed by atoms with Crippen LogP contribution >= 0.6 is 11.8 Å². The molecule has 0 radical (unpaired) electrons. The van der Waals surface area contributed by atoms with Gasteiger partial charge in [-0.05, 0) is 35.4 Å². The van der Waals surface area contributed by atoms with Crippen molar-refractivity contribution in [1.82, 2.24) is 4.90 Å². The summed E-state index contributed by atoms with van der Waals surface area (Å²) in [6, 6.07) is 27.2. The topological polar surface area (TPSA) is 30.9 Å². The minimum absolute atomic E-state index is 0.0702. The van der Waals surface area contributed by atoms with Gasteiger partial charge in [0.15, 0.2) is 0 Å². The standard InChI is InChI=1S/C26H29NO3S/c1-28-22-14-12-21(13-15-22)26(31-25-11-7-6-10-23(25)29-2)24-19-27(16-17-30-24)18-20-8-4-3-5-9-20/h3-15,24,26H,16-19H2,1-2H3/t24-,26?/m0/s1. The average Bonchev–Trinajstić information content (AvgIpc) is 2.84. The molecule has 1 fully saturated rings. The number of hydrogen-bond donors (Lipinski definition) is 0. The summed E-state index contributed by atoms with van der Waals surface area (Å²) in [4.78, 5) is 3.61. The maximum Gasteiger partial charge on any atom is 0.132 e. The number of nitrogens with zero attached hydrogens (tertiary/aromatic N) is 1. The molecule has 1 unspecified atom stereocenters. The number of rotatable bonds is 8. The van der Waals surface area contributed by atoms with E-state index in [1.54, 1.807) is 26.0 Å². The third kappa shape index (κ3) is 5.62. The first-order valence-corrected chi connectivity index (χ1v) is 11.5. The first-order valence-electron chi connectivity index (χ1n) is 10.6. The second kappa shape index (κ2) is 10.7. The third-order valence-corrected chi connectivity index (χ3v) is 6.95. The van der Waals surface area contributed by atoms with Crippen LogP contribution in [0.15, 0.2) is 83.8 Å². The minimum atomic E-state index is 0.0702. The third-order valence-electron chi connectivity index (χ3n) is 5.53. The highest BCUT2D eigenvalue weighted by Crippen LogP contribution is 2.43. The summed E-state index contributed by atoms with van der Waals surface area (Å²) in [5.41, 5.74) is 2.56. The number of para-hydroxylation sites is 1. The highest BCUT2D eigenvalue weighted by molar-refractivity contribution is 7.99. The fourth-order valence-electron chi connectivity index (χ4n) is 3.91. The minimum Gasteiger partial charge on any atom is -0.497 e. The molecule has 1 aliphatic heterocycles. The SMILES string of the molecule is COc1ccc(C(Sc2ccccc2OC)[C@@H]2CN(Cc3ccccc3)CCO2)cc1. The molecule has 5 heteroatoms. The zero-order valence-electron chi connectivity index (χ0n) is 18.1. The van der Waals surface area contributed by atoms with Gasteiger partial charge < -0.3 is 14.2 Å². The highest BCUT2D eigenvalue weighted by Gasteiger charge is 2.31. The van der Waals surface area contributed by atoms with Gasteiger partial charge in [-0.2, -0.15) is 0 Å². The van der Waals surface area contributed by atoms with E-state index in [9.17, 15) is 0 Å². The number of methoxy groups -OCH3 is 2. The van der Waals surface area contributed by atoms with Gasteiger partial charge in [0.2, 0.25) is 0 Å². The molecule has 3 aromatic carbocycles. The van der Waals surface area contributed by atoms with Crippen molar-refractivity contribution in [2.45, 2.75) is 22.8 Å². The molecule has 0 bridgehead atoms. The molecule has 1 saturated heterocycles. The van der Waals surface area contributed by atoms with E-state index in [0.29, 0.717) is 0 Å². The fraction of sp³-hybridized carbons (Fsp3) is 0.308. The summed E-state index contributed by atoms with van der Waals surface area (Å²) in [6.45, 7) is 3.50. The van der Waals surface area contributed by atoms with E-state index in [4.69, 9.17) is 14.2 Å². The summed E-state index contributed by atoms with van der Waals surface area (Å²) in [5, 5.41) is 0.140. The number of hydrogen-bond acceptors (Lipinski definition) is 5. The van der Waals surface area contributed by atoms with E-state index < -0.39 is 0 Å². The molecule has 0 saturated carbocycles. The van der Waals surface area contributed by atoms with Gasteiger partial charge in [-0.25, -0.2) is 0 Å². The summed E-state index contributed by atoms with van der Waals surface area (Å²) in [5.74, 6) is 1.75. The van der Waals surface area contributed by atoms with Gasteiger partial charge in [0, 0.05) is 19.6 Å². The van der Waals surface area contributed by atoms with Crippen LogP contribution < -0.4 is 9.47 Å². The highest BCUT2D eigenvalue weighted by atomic mass is 32.2. The largest absolute Gasteiger partial charge is 0.497 e. The van der Waals surface area contributed by atoms with E-state index in [2.05, 4.69) is 59.5 Å². The Hall–Kier alpha value is -2.47. The Labute approximate surface area is 189 Å². The molecule has 0 N–H and O–H groups in total. The molecule has 31 heavy (non-hydrogen) atoms. The summed E-state index contributed by atoms with van der Waals surface area (Å²) >= 11 is 1.80. The molecule has 162 valence electrons. The lowest BCUT2D eigenvalue weighted by molar-refractivity contribution is -0.0319. The zero-order chi connectivity index (χ0) is 21.5. The Kier molecular flexibility index (Phi) is 7.52. The van der Waals surface area contributed by atoms with Crippen LogP contribution in [-0.4, -0.2) is 44.9 Å². The lowest BCUT2D eigenvalue weighted by atomic mass is 10.0. The Morgan fingerprint density at radius 1 is 0.935 bits per heavy atom. The van der Waals surface area contributed by atoms with Crippen molar-refractivity contribution in [3.63, 3.8) is 0 Å². The van der Waals surface area contributed by atoms with Crippen LogP contribution in [0.5, 0.6) is 11.5 Å². The molecule has 0 spiro atoms. The zero-order valence-corrected chi connectivity index (χ0v) is 18.9. The molecule has 3 aromatic rings. The molecule has 4 nitrogen and oxygen atoms in total. The Morgan fingerprint density at radius 2 is 1.68 bits per heavy atom. The van der Waals surface area contributed by atoms with E-state index in [0.717, 1.165) is 42.6 Å². The predicted molar refractivity (Wildman–Crippen MR) is 126 cm³/mol. The molecule has 1 heterocycles. The van der Waals surface area contributed by atoms with Gasteiger partial charge in [-0.3, -0.25) is 4.90 Å². The Bertz CT molecular complexity index is 948. The van der Waals surface area contributed by atoms with E-state index in [1.807, 2.05) is 24.3 Å². The van der Waals surface area contributed by atoms with Crippen LogP contribution in [-0.2, 0) is 11.3 Å². The van der Waals surface area contributed by atoms with Crippen LogP contribution in [0, 0.1) is 0 Å². The molecular weight excluding hydrogens is 406 g/mol. The molecule has 0 aromatic heterocycles. The lowest BCUT2D eigenvalue weighted by Gasteiger charge is -2.37. The van der Waals surface area contributed by atoms with E-state index in [1.165, 1.54) is 11.1 Å². The molecule has 1 aliphatic rings. The van der Waals surface area contributed by atoms with Crippen LogP contribution in [0.1, 0.15) is 16.4 Å². The summed E-state index contributed by atoms with van der Waals surface area (Å²) < 4.78 is 17.3. The predicted octanol–water partition coefficient (Wildman–Crippen LogP) is 5.44. The number of benzene rings is 3. The first-order chi connectivity index (χ1) is 15.3. The normalized spacial score (nSPS) is 17.8. The van der Waals surface area contributed by atoms with Gasteiger partial charge in [0.05, 0.1) is 37.1 Å². The molecule has 2 atom stereocenters. The maximum absolute atomic E-state index is 6.33. The Balaban J connectivity index is 1.58. The van der Waals surface area contributed by atoms with Crippen molar-refractivity contribution >= 4 is 11.8 Å². The average molecular weight is 436 g/mol. The lowest BCUT2D eigenvalue weighted by Crippen LogP contribution is -2.44. The number of ether oxygens (including phenoxy) is 3. The van der Waals surface area contributed by atoms with Crippen molar-refractivity contribution in [3.8, 4) is 11.5 Å². The smallest absolute Gasteiger partial charge is 0.132 e. The van der Waals surface area contributed by atoms with Crippen LogP contribution in [0.4, 0.5) is 0 Å². The van der Waals surface area contributed by atoms with Crippen molar-refractivity contribution < 1.29 is 14.2 Å². The van der Waals surface area contributed by atoms with E-state index >= 15 is 0 Å². The summed E-state index contributed by atoms with van der Waals surface area (Å²) in [6.07, 6.45) is 0.0702. The number of morpholine rings is 1. The van der Waals surface area contributed by atoms with Crippen LogP contribution in [0.3, 0.4) is 0 Å². The van der Waals surface area contributed by atoms with Crippen molar-refractivity contribution in [2.75, 3.05) is 33.9 Å². The monoisotopic (exact) mass is 435 g/mol. The van der Waals surface area contributed by atoms with Gasteiger partial charge in [0.25, 0.3) is 0 Å². The van der Waals surface area contributed by atoms with Crippen LogP contribution in [0.25, 0.3) is 0 Å². The molecular formula is C26H29NO3S. The molecule has 0 aliphatic carbocycles. The van der Waals surface area contributed by atoms with E-state index in [-0.39, 0.29) is 11.4 Å². The second-order valence-corrected chi connectivity index (χ2v) is 8.78. The summed E-state index contributed by atoms with van der Waals surface area (Å²) in [7, 11) is 3.42. The second-order valence-electron chi connectivity index (χ2n) is 7.59. The van der Waals surface area contributed by atoms with Crippen molar-refractivity contribution in [1.29, 1.82) is 0 Å². The van der Waals surface area contributed by atoms with Gasteiger partial charge in [0.1, 0.15) is 11.5 Å². The molecule has 0 amide bonds. The van der Waals surface area contributed by atoms with Gasteiger partial charge in [-0.1, -0.05) is 54.6 Å². The maximum atomic E-state index is 6.33. The van der Waals surface area contributed by atoms with Crippen molar-refractivity contribution in [3.05, 3.63) is 90.0 Å². The first kappa shape index (κ1) is 21.8. The molecule has 4 rings (SSSR count). The fourth-order valence-corrected chi connectivity index (χ4v) is 5.21. The van der Waals surface area contributed by atoms with Gasteiger partial charge in [-0.15, -0.1) is 11.8 Å². The Morgan fingerprint density at radius 3 is 2.42 bits per heavy atom.